The first-order chi connectivity index (χ1) is 7.88. The third-order valence-electron chi connectivity index (χ3n) is 2.47. The molecule has 7 nitrogen and oxygen atoms in total. The van der Waals surface area contributed by atoms with Crippen molar-refractivity contribution in [3.05, 3.63) is 24.3 Å². The van der Waals surface area contributed by atoms with Crippen molar-refractivity contribution in [1.82, 2.24) is 15.0 Å². The molecular weight excluding hydrogens is 246 g/mol. The number of nitrogens with zero attached hydrogens (tertiary/aromatic N) is 3. The molecule has 92 valence electrons. The van der Waals surface area contributed by atoms with E-state index >= 15 is 0 Å². The average Bonchev–Trinajstić information content (AvgIpc) is 2.70. The molecule has 1 aromatic heterocycles. The van der Waals surface area contributed by atoms with E-state index in [0.29, 0.717) is 15.8 Å². The Balaban J connectivity index is 2.66. The lowest BCUT2D eigenvalue weighted by atomic mass is 10.3. The first-order valence-electron chi connectivity index (χ1n) is 4.90. The molecule has 8 heteroatoms. The monoisotopic (exact) mass is 257 g/mol. The fourth-order valence-electron chi connectivity index (χ4n) is 1.44. The van der Waals surface area contributed by atoms with Gasteiger partial charge in [-0.05, 0) is 12.1 Å². The van der Waals surface area contributed by atoms with Crippen molar-refractivity contribution in [2.24, 2.45) is 0 Å². The third kappa shape index (κ3) is 1.79. The molecule has 1 unspecified atom stereocenters. The van der Waals surface area contributed by atoms with Crippen molar-refractivity contribution >= 4 is 21.2 Å². The molecule has 0 fully saturated rings. The Morgan fingerprint density at radius 2 is 1.76 bits per heavy atom. The molecule has 0 aliphatic carbocycles. The molecule has 17 heavy (non-hydrogen) atoms. The molecule has 0 amide bonds. The van der Waals surface area contributed by atoms with E-state index in [9.17, 15) is 13.5 Å². The van der Waals surface area contributed by atoms with Gasteiger partial charge in [-0.2, -0.15) is 8.42 Å². The highest BCUT2D eigenvalue weighted by atomic mass is 32.2. The van der Waals surface area contributed by atoms with Crippen LogP contribution in [0.15, 0.2) is 24.3 Å². The van der Waals surface area contributed by atoms with Gasteiger partial charge in [0.05, 0.1) is 0 Å². The molecule has 1 aromatic carbocycles. The van der Waals surface area contributed by atoms with Crippen molar-refractivity contribution < 1.29 is 18.1 Å². The fraction of sp³-hybridized carbons (Fsp3) is 0.333. The summed E-state index contributed by atoms with van der Waals surface area (Å²) >= 11 is 0. The van der Waals surface area contributed by atoms with E-state index < -0.39 is 15.2 Å². The first-order valence-corrected chi connectivity index (χ1v) is 6.34. The standard InChI is InChI=1S/C9H11N3O4S/c1-2-9(13,17(14,15)16)12-10-7-5-3-4-6-8(7)11-12/h3-6,13H,2H2,1H3,(H,14,15,16). The largest absolute Gasteiger partial charge is 0.354 e. The normalized spacial score (nSPS) is 15.9. The van der Waals surface area contributed by atoms with E-state index in [-0.39, 0.29) is 6.42 Å². The van der Waals surface area contributed by atoms with Crippen molar-refractivity contribution in [2.75, 3.05) is 0 Å². The number of hydrogen-bond acceptors (Lipinski definition) is 5. The molecule has 2 N–H and O–H groups in total. The highest BCUT2D eigenvalue weighted by Gasteiger charge is 2.43. The smallest absolute Gasteiger partial charge is 0.318 e. The van der Waals surface area contributed by atoms with E-state index in [4.69, 9.17) is 4.55 Å². The van der Waals surface area contributed by atoms with Gasteiger partial charge in [0, 0.05) is 6.42 Å². The lowest BCUT2D eigenvalue weighted by Gasteiger charge is -2.21. The zero-order chi connectivity index (χ0) is 12.7. The van der Waals surface area contributed by atoms with E-state index in [1.54, 1.807) is 24.3 Å². The molecule has 1 heterocycles. The van der Waals surface area contributed by atoms with Crippen LogP contribution in [0.1, 0.15) is 13.3 Å². The Morgan fingerprint density at radius 3 is 2.12 bits per heavy atom. The number of fused-ring (bicyclic) bond motifs is 1. The van der Waals surface area contributed by atoms with Crippen molar-refractivity contribution in [3.63, 3.8) is 0 Å². The van der Waals surface area contributed by atoms with Crippen LogP contribution in [0, 0.1) is 0 Å². The average molecular weight is 257 g/mol. The van der Waals surface area contributed by atoms with E-state index in [2.05, 4.69) is 10.2 Å². The summed E-state index contributed by atoms with van der Waals surface area (Å²) in [5.74, 6) is 0. The summed E-state index contributed by atoms with van der Waals surface area (Å²) in [5, 5.41) is 15.1. The van der Waals surface area contributed by atoms with Gasteiger partial charge in [-0.1, -0.05) is 19.1 Å². The van der Waals surface area contributed by atoms with Crippen LogP contribution in [-0.2, 0) is 15.2 Å². The summed E-state index contributed by atoms with van der Waals surface area (Å²) in [6.45, 7) is 1.40. The summed E-state index contributed by atoms with van der Waals surface area (Å²) in [5.41, 5.74) is 0.867. The second kappa shape index (κ2) is 3.76. The summed E-state index contributed by atoms with van der Waals surface area (Å²) in [6, 6.07) is 6.66. The number of aromatic nitrogens is 3. The molecule has 1 atom stereocenters. The van der Waals surface area contributed by atoms with Crippen LogP contribution in [0.4, 0.5) is 0 Å². The Morgan fingerprint density at radius 1 is 1.29 bits per heavy atom. The van der Waals surface area contributed by atoms with Gasteiger partial charge in [0.25, 0.3) is 0 Å². The maximum Gasteiger partial charge on any atom is 0.318 e. The number of hydrogen-bond donors (Lipinski definition) is 2. The quantitative estimate of drug-likeness (QED) is 0.768. The SMILES string of the molecule is CCC(O)(n1nc2ccccc2n1)S(=O)(=O)O. The summed E-state index contributed by atoms with van der Waals surface area (Å²) in [6.07, 6.45) is -0.271. The maximum absolute atomic E-state index is 11.2. The molecule has 2 rings (SSSR count). The second-order valence-corrected chi connectivity index (χ2v) is 5.15. The van der Waals surface area contributed by atoms with E-state index in [1.807, 2.05) is 0 Å². The third-order valence-corrected chi connectivity index (χ3v) is 3.75. The minimum Gasteiger partial charge on any atom is -0.354 e. The van der Waals surface area contributed by atoms with Crippen molar-refractivity contribution in [1.29, 1.82) is 0 Å². The van der Waals surface area contributed by atoms with Crippen LogP contribution in [-0.4, -0.2) is 33.1 Å². The Hall–Kier alpha value is -1.51. The minimum absolute atomic E-state index is 0.271. The predicted octanol–water partition coefficient (Wildman–Crippen LogP) is 0.332. The van der Waals surface area contributed by atoms with Gasteiger partial charge in [-0.25, -0.2) is 0 Å². The Kier molecular flexibility index (Phi) is 2.64. The summed E-state index contributed by atoms with van der Waals surface area (Å²) in [7, 11) is -4.72. The fourth-order valence-corrected chi connectivity index (χ4v) is 2.10. The molecule has 0 saturated heterocycles. The number of benzene rings is 1. The second-order valence-electron chi connectivity index (χ2n) is 3.55. The van der Waals surface area contributed by atoms with E-state index in [0.717, 1.165) is 0 Å². The molecule has 0 aliphatic rings. The van der Waals surface area contributed by atoms with Gasteiger partial charge in [0.2, 0.25) is 0 Å². The van der Waals surface area contributed by atoms with E-state index in [1.165, 1.54) is 6.92 Å². The van der Waals surface area contributed by atoms with Gasteiger partial charge in [-0.3, -0.25) is 4.55 Å². The Labute approximate surface area is 97.4 Å². The van der Waals surface area contributed by atoms with Crippen LogP contribution in [0.2, 0.25) is 0 Å². The number of rotatable bonds is 3. The molecule has 0 bridgehead atoms. The Bertz CT molecular complexity index is 618. The van der Waals surface area contributed by atoms with Gasteiger partial charge >= 0.3 is 15.2 Å². The molecule has 0 saturated carbocycles. The zero-order valence-electron chi connectivity index (χ0n) is 8.98. The zero-order valence-corrected chi connectivity index (χ0v) is 9.79. The van der Waals surface area contributed by atoms with Crippen LogP contribution in [0.5, 0.6) is 0 Å². The highest BCUT2D eigenvalue weighted by Crippen LogP contribution is 2.23. The predicted molar refractivity (Wildman–Crippen MR) is 59.6 cm³/mol. The van der Waals surface area contributed by atoms with Crippen molar-refractivity contribution in [2.45, 2.75) is 18.4 Å². The van der Waals surface area contributed by atoms with Gasteiger partial charge in [-0.15, -0.1) is 15.0 Å². The van der Waals surface area contributed by atoms with Gasteiger partial charge in [0.15, 0.2) is 0 Å². The van der Waals surface area contributed by atoms with Crippen LogP contribution < -0.4 is 0 Å². The van der Waals surface area contributed by atoms with Gasteiger partial charge in [0.1, 0.15) is 11.0 Å². The van der Waals surface area contributed by atoms with Crippen LogP contribution >= 0.6 is 0 Å². The molecule has 0 radical (unpaired) electrons. The van der Waals surface area contributed by atoms with Crippen LogP contribution in [0.25, 0.3) is 11.0 Å². The number of aliphatic hydroxyl groups is 1. The first kappa shape index (κ1) is 12.0. The lowest BCUT2D eigenvalue weighted by Crippen LogP contribution is -2.42. The highest BCUT2D eigenvalue weighted by molar-refractivity contribution is 7.86. The molecule has 2 aromatic rings. The maximum atomic E-state index is 11.2. The van der Waals surface area contributed by atoms with Crippen LogP contribution in [0.3, 0.4) is 0 Å². The summed E-state index contributed by atoms with van der Waals surface area (Å²) < 4.78 is 31.4. The minimum atomic E-state index is -4.72. The van der Waals surface area contributed by atoms with Crippen molar-refractivity contribution in [3.8, 4) is 0 Å². The molecule has 0 aliphatic heterocycles. The lowest BCUT2D eigenvalue weighted by molar-refractivity contribution is 0.0120. The molecular formula is C9H11N3O4S. The van der Waals surface area contributed by atoms with Gasteiger partial charge < -0.3 is 5.11 Å². The topological polar surface area (TPSA) is 105 Å². The molecule has 0 spiro atoms. The summed E-state index contributed by atoms with van der Waals surface area (Å²) in [4.78, 5) is 0.618.